The largest absolute Gasteiger partial charge is 0.478 e. The third-order valence-corrected chi connectivity index (χ3v) is 3.57. The van der Waals surface area contributed by atoms with Crippen LogP contribution in [-0.2, 0) is 9.53 Å². The number of hydrogen-bond acceptors (Lipinski definition) is 3. The predicted molar refractivity (Wildman–Crippen MR) is 75.7 cm³/mol. The van der Waals surface area contributed by atoms with Gasteiger partial charge in [0.05, 0.1) is 6.10 Å². The van der Waals surface area contributed by atoms with Crippen molar-refractivity contribution in [1.82, 2.24) is 0 Å². The molecule has 1 unspecified atom stereocenters. The zero-order chi connectivity index (χ0) is 13.8. The molecule has 0 amide bonds. The van der Waals surface area contributed by atoms with Gasteiger partial charge in [0.1, 0.15) is 0 Å². The third kappa shape index (κ3) is 3.28. The summed E-state index contributed by atoms with van der Waals surface area (Å²) < 4.78 is 5.34. The van der Waals surface area contributed by atoms with Crippen LogP contribution in [0.2, 0.25) is 5.02 Å². The fraction of sp³-hybridized carbons (Fsp3) is 0.357. The Bertz CT molecular complexity index is 501. The molecule has 0 saturated carbocycles. The van der Waals surface area contributed by atoms with Gasteiger partial charge in [0.25, 0.3) is 0 Å². The first-order valence-electron chi connectivity index (χ1n) is 6.09. The lowest BCUT2D eigenvalue weighted by Gasteiger charge is -2.21. The van der Waals surface area contributed by atoms with E-state index >= 15 is 0 Å². The zero-order valence-corrected chi connectivity index (χ0v) is 11.4. The van der Waals surface area contributed by atoms with Crippen LogP contribution in [0, 0.1) is 0 Å². The maximum atomic E-state index is 10.7. The Hall–Kier alpha value is -1.52. The maximum Gasteiger partial charge on any atom is 0.328 e. The van der Waals surface area contributed by atoms with Gasteiger partial charge < -0.3 is 14.7 Å². The number of benzene rings is 1. The summed E-state index contributed by atoms with van der Waals surface area (Å²) in [6.45, 7) is 1.68. The second-order valence-corrected chi connectivity index (χ2v) is 4.84. The van der Waals surface area contributed by atoms with Crippen molar-refractivity contribution >= 4 is 29.3 Å². The van der Waals surface area contributed by atoms with Crippen LogP contribution in [0.3, 0.4) is 0 Å². The van der Waals surface area contributed by atoms with Crippen molar-refractivity contribution in [2.24, 2.45) is 0 Å². The SMILES string of the molecule is COC1CCN(c2cccc(Cl)c2/C=C/C(=O)O)C1. The number of carbonyl (C=O) groups is 1. The van der Waals surface area contributed by atoms with E-state index in [9.17, 15) is 4.79 Å². The van der Waals surface area contributed by atoms with E-state index in [2.05, 4.69) is 4.90 Å². The monoisotopic (exact) mass is 281 g/mol. The van der Waals surface area contributed by atoms with Gasteiger partial charge in [-0.1, -0.05) is 17.7 Å². The fourth-order valence-electron chi connectivity index (χ4n) is 2.26. The Balaban J connectivity index is 2.30. The van der Waals surface area contributed by atoms with E-state index < -0.39 is 5.97 Å². The normalized spacial score (nSPS) is 19.3. The summed E-state index contributed by atoms with van der Waals surface area (Å²) in [4.78, 5) is 12.8. The van der Waals surface area contributed by atoms with Crippen LogP contribution >= 0.6 is 11.6 Å². The highest BCUT2D eigenvalue weighted by atomic mass is 35.5. The number of hydrogen-bond donors (Lipinski definition) is 1. The van der Waals surface area contributed by atoms with E-state index in [1.165, 1.54) is 0 Å². The highest BCUT2D eigenvalue weighted by molar-refractivity contribution is 6.32. The number of halogens is 1. The van der Waals surface area contributed by atoms with Crippen LogP contribution in [-0.4, -0.2) is 37.4 Å². The average molecular weight is 282 g/mol. The van der Waals surface area contributed by atoms with Gasteiger partial charge in [0, 0.05) is 42.5 Å². The zero-order valence-electron chi connectivity index (χ0n) is 10.7. The molecular weight excluding hydrogens is 266 g/mol. The molecule has 5 heteroatoms. The first-order valence-corrected chi connectivity index (χ1v) is 6.47. The Morgan fingerprint density at radius 2 is 2.37 bits per heavy atom. The van der Waals surface area contributed by atoms with Gasteiger partial charge in [-0.15, -0.1) is 0 Å². The third-order valence-electron chi connectivity index (χ3n) is 3.24. The van der Waals surface area contributed by atoms with E-state index in [4.69, 9.17) is 21.4 Å². The van der Waals surface area contributed by atoms with Crippen molar-refractivity contribution in [3.05, 3.63) is 34.9 Å². The smallest absolute Gasteiger partial charge is 0.328 e. The molecule has 1 fully saturated rings. The van der Waals surface area contributed by atoms with Crippen molar-refractivity contribution in [3.63, 3.8) is 0 Å². The first-order chi connectivity index (χ1) is 9.11. The van der Waals surface area contributed by atoms with E-state index in [1.807, 2.05) is 12.1 Å². The molecule has 1 N–H and O–H groups in total. The molecule has 0 spiro atoms. The van der Waals surface area contributed by atoms with Crippen molar-refractivity contribution in [2.75, 3.05) is 25.1 Å². The van der Waals surface area contributed by atoms with E-state index in [-0.39, 0.29) is 6.10 Å². The first kappa shape index (κ1) is 13.9. The Morgan fingerprint density at radius 1 is 1.58 bits per heavy atom. The second-order valence-electron chi connectivity index (χ2n) is 4.44. The molecule has 1 aromatic carbocycles. The van der Waals surface area contributed by atoms with Gasteiger partial charge in [-0.05, 0) is 24.6 Å². The maximum absolute atomic E-state index is 10.7. The molecule has 1 heterocycles. The van der Waals surface area contributed by atoms with E-state index in [1.54, 1.807) is 19.3 Å². The van der Waals surface area contributed by atoms with Crippen LogP contribution in [0.4, 0.5) is 5.69 Å². The summed E-state index contributed by atoms with van der Waals surface area (Å²) in [6, 6.07) is 5.58. The lowest BCUT2D eigenvalue weighted by molar-refractivity contribution is -0.131. The summed E-state index contributed by atoms with van der Waals surface area (Å²) >= 11 is 6.16. The molecule has 1 atom stereocenters. The van der Waals surface area contributed by atoms with Crippen LogP contribution in [0.1, 0.15) is 12.0 Å². The van der Waals surface area contributed by atoms with Gasteiger partial charge in [-0.25, -0.2) is 4.79 Å². The van der Waals surface area contributed by atoms with Crippen molar-refractivity contribution in [3.8, 4) is 0 Å². The quantitative estimate of drug-likeness (QED) is 0.862. The number of aliphatic carboxylic acids is 1. The predicted octanol–water partition coefficient (Wildman–Crippen LogP) is 2.66. The number of methoxy groups -OCH3 is 1. The van der Waals surface area contributed by atoms with Crippen LogP contribution in [0.5, 0.6) is 0 Å². The molecule has 0 bridgehead atoms. The number of nitrogens with zero attached hydrogens (tertiary/aromatic N) is 1. The van der Waals surface area contributed by atoms with Gasteiger partial charge in [-0.3, -0.25) is 0 Å². The van der Waals surface area contributed by atoms with Crippen LogP contribution in [0.25, 0.3) is 6.08 Å². The Kier molecular flexibility index (Phi) is 4.45. The standard InChI is InChI=1S/C14H16ClNO3/c1-19-10-7-8-16(9-10)13-4-2-3-12(15)11(13)5-6-14(17)18/h2-6,10H,7-9H2,1H3,(H,17,18)/b6-5+. The lowest BCUT2D eigenvalue weighted by atomic mass is 10.1. The molecule has 0 aromatic heterocycles. The Morgan fingerprint density at radius 3 is 3.00 bits per heavy atom. The minimum Gasteiger partial charge on any atom is -0.478 e. The van der Waals surface area contributed by atoms with E-state index in [0.717, 1.165) is 36.8 Å². The molecule has 0 radical (unpaired) electrons. The number of anilines is 1. The molecule has 4 nitrogen and oxygen atoms in total. The van der Waals surface area contributed by atoms with Crippen LogP contribution < -0.4 is 4.90 Å². The summed E-state index contributed by atoms with van der Waals surface area (Å²) in [6.07, 6.45) is 3.83. The molecule has 19 heavy (non-hydrogen) atoms. The Labute approximate surface area is 117 Å². The highest BCUT2D eigenvalue weighted by Gasteiger charge is 2.24. The molecule has 0 aliphatic carbocycles. The van der Waals surface area contributed by atoms with Crippen molar-refractivity contribution in [1.29, 1.82) is 0 Å². The second kappa shape index (κ2) is 6.08. The van der Waals surface area contributed by atoms with Gasteiger partial charge in [0.15, 0.2) is 0 Å². The molecule has 1 aliphatic heterocycles. The highest BCUT2D eigenvalue weighted by Crippen LogP contribution is 2.31. The van der Waals surface area contributed by atoms with Crippen molar-refractivity contribution < 1.29 is 14.6 Å². The summed E-state index contributed by atoms with van der Waals surface area (Å²) in [5.41, 5.74) is 1.69. The number of carboxylic acid groups (broad SMARTS) is 1. The lowest BCUT2D eigenvalue weighted by Crippen LogP contribution is -2.22. The van der Waals surface area contributed by atoms with Gasteiger partial charge in [0.2, 0.25) is 0 Å². The molecular formula is C14H16ClNO3. The molecule has 2 rings (SSSR count). The topological polar surface area (TPSA) is 49.8 Å². The number of rotatable bonds is 4. The molecule has 1 aromatic rings. The molecule has 1 aliphatic rings. The fourth-order valence-corrected chi connectivity index (χ4v) is 2.49. The minimum atomic E-state index is -0.984. The summed E-state index contributed by atoms with van der Waals surface area (Å²) in [5.74, 6) is -0.984. The average Bonchev–Trinajstić information content (AvgIpc) is 2.85. The number of carboxylic acids is 1. The summed E-state index contributed by atoms with van der Waals surface area (Å²) in [5, 5.41) is 9.29. The molecule has 102 valence electrons. The van der Waals surface area contributed by atoms with Gasteiger partial charge in [-0.2, -0.15) is 0 Å². The summed E-state index contributed by atoms with van der Waals surface area (Å²) in [7, 11) is 1.71. The van der Waals surface area contributed by atoms with Crippen LogP contribution in [0.15, 0.2) is 24.3 Å². The number of ether oxygens (including phenoxy) is 1. The molecule has 1 saturated heterocycles. The van der Waals surface area contributed by atoms with E-state index in [0.29, 0.717) is 5.02 Å². The van der Waals surface area contributed by atoms with Crippen molar-refractivity contribution in [2.45, 2.75) is 12.5 Å². The minimum absolute atomic E-state index is 0.218. The van der Waals surface area contributed by atoms with Gasteiger partial charge >= 0.3 is 5.97 Å².